The molecule has 12 heteroatoms. The molecule has 0 fully saturated rings. The minimum atomic E-state index is -0.679. The average Bonchev–Trinajstić information content (AvgIpc) is 3.34. The summed E-state index contributed by atoms with van der Waals surface area (Å²) in [5.74, 6) is -0.592. The third-order valence-corrected chi connectivity index (χ3v) is 6.82. The van der Waals surface area contributed by atoms with E-state index >= 15 is 4.39 Å². The van der Waals surface area contributed by atoms with Crippen LogP contribution in [0.15, 0.2) is 67.0 Å². The molecule has 0 aliphatic rings. The molecule has 0 radical (unpaired) electrons. The van der Waals surface area contributed by atoms with E-state index in [0.717, 1.165) is 23.0 Å². The van der Waals surface area contributed by atoms with Crippen molar-refractivity contribution in [2.24, 2.45) is 0 Å². The smallest absolute Gasteiger partial charge is 0.267 e. The predicted octanol–water partition coefficient (Wildman–Crippen LogP) is 5.95. The van der Waals surface area contributed by atoms with Crippen LogP contribution in [0, 0.1) is 18.6 Å². The van der Waals surface area contributed by atoms with E-state index in [4.69, 9.17) is 5.21 Å². The Morgan fingerprint density at radius 3 is 2.49 bits per heavy atom. The standard InChI is InChI=1S/C31H30F2N8O2/c1-18(2)41-19(3)36-30-24(32)13-22(14-26(30)41)29-25(33)16-35-31(38-29)37-27-11-10-23(15-34-27)40(4)17-21-7-5-20(6-8-21)9-12-28(42)39-43/h5-16,18,43H,17H2,1-4H3,(H,39,42)(H,34,35,37,38)/b12-9+. The fourth-order valence-corrected chi connectivity index (χ4v) is 4.80. The largest absolute Gasteiger partial charge is 0.369 e. The number of carbonyl (C=O) groups is 1. The van der Waals surface area contributed by atoms with E-state index in [9.17, 15) is 9.18 Å². The number of carbonyl (C=O) groups excluding carboxylic acids is 1. The Labute approximate surface area is 246 Å². The number of hydrogen-bond acceptors (Lipinski definition) is 8. The molecular weight excluding hydrogens is 554 g/mol. The molecule has 5 rings (SSSR count). The fraction of sp³-hybridized carbons (Fsp3) is 0.194. The maximum atomic E-state index is 15.0. The van der Waals surface area contributed by atoms with Crippen LogP contribution in [0.4, 0.5) is 26.2 Å². The first-order valence-corrected chi connectivity index (χ1v) is 13.5. The Morgan fingerprint density at radius 1 is 1.05 bits per heavy atom. The van der Waals surface area contributed by atoms with Crippen LogP contribution in [0.5, 0.6) is 0 Å². The van der Waals surface area contributed by atoms with Gasteiger partial charge in [0.2, 0.25) is 5.95 Å². The van der Waals surface area contributed by atoms with Gasteiger partial charge in [-0.1, -0.05) is 24.3 Å². The zero-order valence-electron chi connectivity index (χ0n) is 24.0. The van der Waals surface area contributed by atoms with Gasteiger partial charge in [-0.15, -0.1) is 0 Å². The number of pyridine rings is 1. The molecule has 0 aliphatic heterocycles. The molecule has 0 bridgehead atoms. The second kappa shape index (κ2) is 12.3. The van der Waals surface area contributed by atoms with E-state index in [1.807, 2.05) is 67.6 Å². The van der Waals surface area contributed by atoms with Gasteiger partial charge in [-0.2, -0.15) is 0 Å². The Bertz CT molecular complexity index is 1800. The lowest BCUT2D eigenvalue weighted by molar-refractivity contribution is -0.124. The minimum absolute atomic E-state index is 0.0389. The van der Waals surface area contributed by atoms with E-state index in [-0.39, 0.29) is 28.8 Å². The average molecular weight is 585 g/mol. The summed E-state index contributed by atoms with van der Waals surface area (Å²) in [6.45, 7) is 6.37. The number of imidazole rings is 1. The van der Waals surface area contributed by atoms with Crippen LogP contribution in [0.2, 0.25) is 0 Å². The van der Waals surface area contributed by atoms with Gasteiger partial charge >= 0.3 is 0 Å². The van der Waals surface area contributed by atoms with E-state index in [0.29, 0.717) is 23.7 Å². The Kier molecular flexibility index (Phi) is 8.39. The number of benzene rings is 2. The van der Waals surface area contributed by atoms with Gasteiger partial charge in [0.1, 0.15) is 22.9 Å². The van der Waals surface area contributed by atoms with Crippen molar-refractivity contribution in [2.45, 2.75) is 33.4 Å². The lowest BCUT2D eigenvalue weighted by atomic mass is 10.1. The molecule has 10 nitrogen and oxygen atoms in total. The number of hydroxylamine groups is 1. The van der Waals surface area contributed by atoms with Crippen molar-refractivity contribution in [3.05, 3.63) is 95.6 Å². The van der Waals surface area contributed by atoms with E-state index in [1.54, 1.807) is 29.9 Å². The molecule has 220 valence electrons. The molecule has 0 saturated carbocycles. The molecule has 0 atom stereocenters. The van der Waals surface area contributed by atoms with Gasteiger partial charge < -0.3 is 14.8 Å². The maximum Gasteiger partial charge on any atom is 0.267 e. The first kappa shape index (κ1) is 29.3. The van der Waals surface area contributed by atoms with Gasteiger partial charge in [-0.25, -0.2) is 34.2 Å². The SMILES string of the molecule is Cc1nc2c(F)cc(-c3nc(Nc4ccc(N(C)Cc5ccc(/C=C/C(=O)NO)cc5)cn4)ncc3F)cc2n1C(C)C. The summed E-state index contributed by atoms with van der Waals surface area (Å²) in [6, 6.07) is 14.2. The molecule has 3 aromatic heterocycles. The van der Waals surface area contributed by atoms with Crippen molar-refractivity contribution in [1.29, 1.82) is 0 Å². The quantitative estimate of drug-likeness (QED) is 0.110. The van der Waals surface area contributed by atoms with Crippen LogP contribution in [0.25, 0.3) is 28.4 Å². The van der Waals surface area contributed by atoms with Crippen LogP contribution in [-0.4, -0.2) is 42.7 Å². The van der Waals surface area contributed by atoms with Crippen molar-refractivity contribution in [3.63, 3.8) is 0 Å². The fourth-order valence-electron chi connectivity index (χ4n) is 4.80. The molecule has 1 amide bonds. The molecule has 43 heavy (non-hydrogen) atoms. The molecule has 0 unspecified atom stereocenters. The lowest BCUT2D eigenvalue weighted by Crippen LogP contribution is -2.16. The first-order chi connectivity index (χ1) is 20.6. The summed E-state index contributed by atoms with van der Waals surface area (Å²) in [5.41, 5.74) is 5.31. The Hall–Kier alpha value is -5.23. The van der Waals surface area contributed by atoms with Gasteiger partial charge in [-0.05, 0) is 62.2 Å². The highest BCUT2D eigenvalue weighted by atomic mass is 19.1. The molecular formula is C31H30F2N8O2. The number of nitrogens with one attached hydrogen (secondary N) is 2. The second-order valence-electron chi connectivity index (χ2n) is 10.3. The van der Waals surface area contributed by atoms with Crippen molar-refractivity contribution in [1.82, 2.24) is 30.0 Å². The number of nitrogens with zero attached hydrogens (tertiary/aromatic N) is 6. The summed E-state index contributed by atoms with van der Waals surface area (Å²) in [4.78, 5) is 30.3. The topological polar surface area (TPSA) is 121 Å². The Balaban J connectivity index is 1.30. The van der Waals surface area contributed by atoms with Gasteiger partial charge in [0.25, 0.3) is 5.91 Å². The van der Waals surface area contributed by atoms with Gasteiger partial charge in [-0.3, -0.25) is 10.0 Å². The number of hydrogen-bond donors (Lipinski definition) is 3. The zero-order valence-corrected chi connectivity index (χ0v) is 24.0. The van der Waals surface area contributed by atoms with Gasteiger partial charge in [0, 0.05) is 31.3 Å². The van der Waals surface area contributed by atoms with Crippen LogP contribution in [-0.2, 0) is 11.3 Å². The lowest BCUT2D eigenvalue weighted by Gasteiger charge is -2.19. The summed E-state index contributed by atoms with van der Waals surface area (Å²) in [5, 5.41) is 11.6. The summed E-state index contributed by atoms with van der Waals surface area (Å²) >= 11 is 0. The molecule has 3 heterocycles. The molecule has 2 aromatic carbocycles. The maximum absolute atomic E-state index is 15.0. The van der Waals surface area contributed by atoms with E-state index in [1.165, 1.54) is 12.1 Å². The number of halogens is 2. The van der Waals surface area contributed by atoms with Crippen molar-refractivity contribution < 1.29 is 18.8 Å². The number of rotatable bonds is 9. The van der Waals surface area contributed by atoms with Crippen LogP contribution in [0.3, 0.4) is 0 Å². The summed E-state index contributed by atoms with van der Waals surface area (Å²) in [6.07, 6.45) is 5.57. The van der Waals surface area contributed by atoms with Crippen molar-refractivity contribution in [3.8, 4) is 11.3 Å². The number of aromatic nitrogens is 5. The number of amides is 1. The predicted molar refractivity (Wildman–Crippen MR) is 161 cm³/mol. The number of aryl methyl sites for hydroxylation is 1. The van der Waals surface area contributed by atoms with Crippen LogP contribution < -0.4 is 15.7 Å². The van der Waals surface area contributed by atoms with Crippen molar-refractivity contribution >= 4 is 40.5 Å². The normalized spacial score (nSPS) is 11.4. The van der Waals surface area contributed by atoms with Crippen LogP contribution in [0.1, 0.15) is 36.8 Å². The highest BCUT2D eigenvalue weighted by Gasteiger charge is 2.18. The van der Waals surface area contributed by atoms with E-state index < -0.39 is 17.5 Å². The number of anilines is 3. The monoisotopic (exact) mass is 584 g/mol. The third kappa shape index (κ3) is 6.49. The molecule has 3 N–H and O–H groups in total. The molecule has 0 spiro atoms. The zero-order chi connectivity index (χ0) is 30.7. The highest BCUT2D eigenvalue weighted by molar-refractivity contribution is 5.90. The molecule has 5 aromatic rings. The van der Waals surface area contributed by atoms with Crippen molar-refractivity contribution in [2.75, 3.05) is 17.3 Å². The number of fused-ring (bicyclic) bond motifs is 1. The second-order valence-corrected chi connectivity index (χ2v) is 10.3. The van der Waals surface area contributed by atoms with Gasteiger partial charge in [0.15, 0.2) is 11.6 Å². The van der Waals surface area contributed by atoms with Gasteiger partial charge in [0.05, 0.1) is 23.6 Å². The highest BCUT2D eigenvalue weighted by Crippen LogP contribution is 2.30. The summed E-state index contributed by atoms with van der Waals surface area (Å²) < 4.78 is 31.8. The van der Waals surface area contributed by atoms with E-state index in [2.05, 4.69) is 25.3 Å². The summed E-state index contributed by atoms with van der Waals surface area (Å²) in [7, 11) is 1.93. The third-order valence-electron chi connectivity index (χ3n) is 6.82. The molecule has 0 aliphatic carbocycles. The Morgan fingerprint density at radius 2 is 1.81 bits per heavy atom. The first-order valence-electron chi connectivity index (χ1n) is 13.5. The minimum Gasteiger partial charge on any atom is -0.369 e. The van der Waals surface area contributed by atoms with Crippen LogP contribution >= 0.6 is 0 Å². The molecule has 0 saturated heterocycles.